The molecule has 0 aliphatic carbocycles. The highest BCUT2D eigenvalue weighted by atomic mass is 16.6. The minimum Gasteiger partial charge on any atom is -0.496 e. The molecule has 1 amide bonds. The number of carbonyl (C=O) groups excluding carboxylic acids is 1. The van der Waals surface area contributed by atoms with E-state index in [1.54, 1.807) is 7.11 Å². The molecule has 17 heavy (non-hydrogen) atoms. The lowest BCUT2D eigenvalue weighted by Gasteiger charge is -2.19. The standard InChI is InChI=1S/C12H18N2O3/c1-3-10(14-17-8-12(13)15)9-6-4-5-7-11(9)16-2/h4-7,10,14H,3,8H2,1-2H3,(H2,13,15). The Balaban J connectivity index is 2.68. The number of methoxy groups -OCH3 is 1. The van der Waals surface area contributed by atoms with Crippen LogP contribution in [0.3, 0.4) is 0 Å². The van der Waals surface area contributed by atoms with Gasteiger partial charge in [-0.1, -0.05) is 25.1 Å². The quantitative estimate of drug-likeness (QED) is 0.699. The molecular formula is C12H18N2O3. The predicted molar refractivity (Wildman–Crippen MR) is 64.3 cm³/mol. The van der Waals surface area contributed by atoms with Crippen LogP contribution in [-0.2, 0) is 9.63 Å². The molecule has 0 saturated carbocycles. The minimum absolute atomic E-state index is 0.0366. The number of rotatable bonds is 7. The molecule has 0 saturated heterocycles. The Morgan fingerprint density at radius 1 is 1.47 bits per heavy atom. The maximum absolute atomic E-state index is 10.6. The Morgan fingerprint density at radius 2 is 2.18 bits per heavy atom. The zero-order valence-corrected chi connectivity index (χ0v) is 10.1. The van der Waals surface area contributed by atoms with Gasteiger partial charge in [-0.05, 0) is 12.5 Å². The number of hydrogen-bond acceptors (Lipinski definition) is 4. The van der Waals surface area contributed by atoms with E-state index < -0.39 is 5.91 Å². The van der Waals surface area contributed by atoms with Gasteiger partial charge in [-0.15, -0.1) is 0 Å². The Labute approximate surface area is 101 Å². The summed E-state index contributed by atoms with van der Waals surface area (Å²) in [6, 6.07) is 7.63. The Morgan fingerprint density at radius 3 is 2.76 bits per heavy atom. The average Bonchev–Trinajstić information content (AvgIpc) is 2.34. The fourth-order valence-electron chi connectivity index (χ4n) is 1.53. The number of nitrogens with one attached hydrogen (secondary N) is 1. The number of benzene rings is 1. The van der Waals surface area contributed by atoms with Crippen LogP contribution in [0.25, 0.3) is 0 Å². The van der Waals surface area contributed by atoms with Crippen LogP contribution in [0.4, 0.5) is 0 Å². The second-order valence-electron chi connectivity index (χ2n) is 3.58. The van der Waals surface area contributed by atoms with Crippen LogP contribution < -0.4 is 16.0 Å². The van der Waals surface area contributed by atoms with Gasteiger partial charge in [0.05, 0.1) is 13.2 Å². The highest BCUT2D eigenvalue weighted by Crippen LogP contribution is 2.26. The van der Waals surface area contributed by atoms with Gasteiger partial charge in [-0.2, -0.15) is 5.48 Å². The maximum Gasteiger partial charge on any atom is 0.245 e. The Hall–Kier alpha value is -1.59. The van der Waals surface area contributed by atoms with Crippen LogP contribution in [0.15, 0.2) is 24.3 Å². The van der Waals surface area contributed by atoms with Crippen LogP contribution in [0.2, 0.25) is 0 Å². The summed E-state index contributed by atoms with van der Waals surface area (Å²) in [6.07, 6.45) is 0.805. The molecule has 1 atom stereocenters. The summed E-state index contributed by atoms with van der Waals surface area (Å²) >= 11 is 0. The zero-order chi connectivity index (χ0) is 12.7. The summed E-state index contributed by atoms with van der Waals surface area (Å²) in [5.74, 6) is 0.280. The second kappa shape index (κ2) is 6.88. The van der Waals surface area contributed by atoms with E-state index in [2.05, 4.69) is 5.48 Å². The summed E-state index contributed by atoms with van der Waals surface area (Å²) in [6.45, 7) is 1.86. The highest BCUT2D eigenvalue weighted by molar-refractivity contribution is 5.74. The van der Waals surface area contributed by atoms with Crippen molar-refractivity contribution in [2.75, 3.05) is 13.7 Å². The van der Waals surface area contributed by atoms with Crippen molar-refractivity contribution in [2.24, 2.45) is 5.73 Å². The predicted octanol–water partition coefficient (Wildman–Crippen LogP) is 1.15. The molecule has 1 rings (SSSR count). The monoisotopic (exact) mass is 238 g/mol. The first kappa shape index (κ1) is 13.5. The molecule has 1 aromatic carbocycles. The lowest BCUT2D eigenvalue weighted by molar-refractivity contribution is -0.126. The molecule has 5 nitrogen and oxygen atoms in total. The molecule has 5 heteroatoms. The molecule has 1 unspecified atom stereocenters. The van der Waals surface area contributed by atoms with Gasteiger partial charge in [-0.25, -0.2) is 0 Å². The number of hydroxylamine groups is 1. The number of para-hydroxylation sites is 1. The first-order chi connectivity index (χ1) is 8.19. The molecule has 0 bridgehead atoms. The van der Waals surface area contributed by atoms with Crippen molar-refractivity contribution in [1.82, 2.24) is 5.48 Å². The highest BCUT2D eigenvalue weighted by Gasteiger charge is 2.13. The van der Waals surface area contributed by atoms with Crippen molar-refractivity contribution in [1.29, 1.82) is 0 Å². The van der Waals surface area contributed by atoms with Crippen molar-refractivity contribution in [3.63, 3.8) is 0 Å². The van der Waals surface area contributed by atoms with Gasteiger partial charge in [0.2, 0.25) is 5.91 Å². The number of hydrogen-bond donors (Lipinski definition) is 2. The maximum atomic E-state index is 10.6. The van der Waals surface area contributed by atoms with Gasteiger partial charge in [0.15, 0.2) is 0 Å². The third-order valence-electron chi connectivity index (χ3n) is 2.36. The van der Waals surface area contributed by atoms with E-state index in [1.807, 2.05) is 31.2 Å². The molecule has 0 aliphatic rings. The number of nitrogens with two attached hydrogens (primary N) is 1. The Bertz CT molecular complexity index is 369. The normalized spacial score (nSPS) is 12.1. The topological polar surface area (TPSA) is 73.6 Å². The summed E-state index contributed by atoms with van der Waals surface area (Å²) in [7, 11) is 1.62. The van der Waals surface area contributed by atoms with Crippen molar-refractivity contribution >= 4 is 5.91 Å². The van der Waals surface area contributed by atoms with Gasteiger partial charge in [0, 0.05) is 5.56 Å². The van der Waals surface area contributed by atoms with Crippen molar-refractivity contribution in [2.45, 2.75) is 19.4 Å². The summed E-state index contributed by atoms with van der Waals surface area (Å²) in [5, 5.41) is 0. The number of amides is 1. The number of carbonyl (C=O) groups is 1. The third-order valence-corrected chi connectivity index (χ3v) is 2.36. The Kier molecular flexibility index (Phi) is 5.45. The fraction of sp³-hybridized carbons (Fsp3) is 0.417. The molecule has 0 aromatic heterocycles. The molecule has 0 spiro atoms. The van der Waals surface area contributed by atoms with E-state index in [-0.39, 0.29) is 12.6 Å². The van der Waals surface area contributed by atoms with Crippen molar-refractivity contribution in [3.05, 3.63) is 29.8 Å². The van der Waals surface area contributed by atoms with E-state index in [1.165, 1.54) is 0 Å². The molecule has 0 aliphatic heterocycles. The summed E-state index contributed by atoms with van der Waals surface area (Å²) in [5.41, 5.74) is 8.79. The molecular weight excluding hydrogens is 220 g/mol. The van der Waals surface area contributed by atoms with E-state index in [0.29, 0.717) is 0 Å². The molecule has 3 N–H and O–H groups in total. The largest absolute Gasteiger partial charge is 0.496 e. The van der Waals surface area contributed by atoms with Crippen LogP contribution in [0.1, 0.15) is 24.9 Å². The van der Waals surface area contributed by atoms with E-state index >= 15 is 0 Å². The number of primary amides is 1. The van der Waals surface area contributed by atoms with Crippen molar-refractivity contribution < 1.29 is 14.4 Å². The SMILES string of the molecule is CCC(NOCC(N)=O)c1ccccc1OC. The van der Waals surface area contributed by atoms with Crippen LogP contribution in [-0.4, -0.2) is 19.6 Å². The molecule has 0 heterocycles. The smallest absolute Gasteiger partial charge is 0.245 e. The molecule has 94 valence electrons. The average molecular weight is 238 g/mol. The lowest BCUT2D eigenvalue weighted by Crippen LogP contribution is -2.27. The van der Waals surface area contributed by atoms with Crippen LogP contribution in [0.5, 0.6) is 5.75 Å². The zero-order valence-electron chi connectivity index (χ0n) is 10.1. The van der Waals surface area contributed by atoms with E-state index in [4.69, 9.17) is 15.3 Å². The van der Waals surface area contributed by atoms with Gasteiger partial charge >= 0.3 is 0 Å². The van der Waals surface area contributed by atoms with Crippen LogP contribution in [0, 0.1) is 0 Å². The first-order valence-electron chi connectivity index (χ1n) is 5.47. The van der Waals surface area contributed by atoms with Gasteiger partial charge in [0.25, 0.3) is 0 Å². The van der Waals surface area contributed by atoms with Gasteiger partial charge in [-0.3, -0.25) is 9.63 Å². The second-order valence-corrected chi connectivity index (χ2v) is 3.58. The van der Waals surface area contributed by atoms with Crippen LogP contribution >= 0.6 is 0 Å². The third kappa shape index (κ3) is 4.05. The van der Waals surface area contributed by atoms with Gasteiger partial charge < -0.3 is 10.5 Å². The fourth-order valence-corrected chi connectivity index (χ4v) is 1.53. The molecule has 0 fully saturated rings. The van der Waals surface area contributed by atoms with E-state index in [0.717, 1.165) is 17.7 Å². The van der Waals surface area contributed by atoms with E-state index in [9.17, 15) is 4.79 Å². The lowest BCUT2D eigenvalue weighted by atomic mass is 10.0. The summed E-state index contributed by atoms with van der Waals surface area (Å²) in [4.78, 5) is 15.6. The summed E-state index contributed by atoms with van der Waals surface area (Å²) < 4.78 is 5.27. The van der Waals surface area contributed by atoms with Gasteiger partial charge in [0.1, 0.15) is 12.4 Å². The molecule has 0 radical (unpaired) electrons. The molecule has 1 aromatic rings. The minimum atomic E-state index is -0.507. The van der Waals surface area contributed by atoms with Crippen molar-refractivity contribution in [3.8, 4) is 5.75 Å². The first-order valence-corrected chi connectivity index (χ1v) is 5.47. The number of ether oxygens (including phenoxy) is 1.